The number of phenolic OH excluding ortho intramolecular Hbond substituents is 1. The van der Waals surface area contributed by atoms with Crippen molar-refractivity contribution in [1.82, 2.24) is 9.78 Å². The van der Waals surface area contributed by atoms with Crippen LogP contribution >= 0.6 is 0 Å². The smallest absolute Gasteiger partial charge is 0.117 e. The summed E-state index contributed by atoms with van der Waals surface area (Å²) in [5, 5.41) is 13.6. The molecule has 0 aliphatic heterocycles. The highest BCUT2D eigenvalue weighted by Gasteiger charge is 2.05. The Kier molecular flexibility index (Phi) is 3.72. The summed E-state index contributed by atoms with van der Waals surface area (Å²) in [6.45, 7) is 4.55. The molecule has 5 heteroatoms. The lowest BCUT2D eigenvalue weighted by molar-refractivity contribution is 0.475. The predicted molar refractivity (Wildman–Crippen MR) is 72.6 cm³/mol. The first kappa shape index (κ1) is 12.3. The Morgan fingerprint density at radius 3 is 2.89 bits per heavy atom. The number of nitrogens with two attached hydrogens (primary N) is 1. The fourth-order valence-corrected chi connectivity index (χ4v) is 1.88. The first-order valence-corrected chi connectivity index (χ1v) is 6.01. The second-order valence-corrected chi connectivity index (χ2v) is 4.14. The molecule has 2 aromatic rings. The maximum atomic E-state index is 9.49. The topological polar surface area (TPSA) is 67.3 Å². The first-order chi connectivity index (χ1) is 8.69. The molecule has 96 valence electrons. The number of rotatable bonds is 5. The van der Waals surface area contributed by atoms with Gasteiger partial charge in [0.1, 0.15) is 5.75 Å². The van der Waals surface area contributed by atoms with Gasteiger partial charge >= 0.3 is 0 Å². The van der Waals surface area contributed by atoms with Gasteiger partial charge < -0.3 is 15.7 Å². The Morgan fingerprint density at radius 1 is 1.44 bits per heavy atom. The summed E-state index contributed by atoms with van der Waals surface area (Å²) < 4.78 is 1.82. The summed E-state index contributed by atoms with van der Waals surface area (Å²) in [6, 6.07) is 7.27. The monoisotopic (exact) mass is 246 g/mol. The lowest BCUT2D eigenvalue weighted by Gasteiger charge is -2.23. The third-order valence-corrected chi connectivity index (χ3v) is 2.83. The number of hydrogen-bond donors (Lipinski definition) is 2. The number of anilines is 2. The molecule has 1 aromatic heterocycles. The van der Waals surface area contributed by atoms with Crippen molar-refractivity contribution in [1.29, 1.82) is 0 Å². The van der Waals surface area contributed by atoms with Crippen molar-refractivity contribution in [3.63, 3.8) is 0 Å². The summed E-state index contributed by atoms with van der Waals surface area (Å²) in [5.41, 5.74) is 7.31. The van der Waals surface area contributed by atoms with Crippen LogP contribution in [0.15, 0.2) is 36.7 Å². The number of hydrogen-bond acceptors (Lipinski definition) is 4. The van der Waals surface area contributed by atoms with Gasteiger partial charge in [-0.2, -0.15) is 5.10 Å². The van der Waals surface area contributed by atoms with Crippen LogP contribution in [0.25, 0.3) is 0 Å². The number of aromatic hydroxyl groups is 1. The molecule has 0 amide bonds. The van der Waals surface area contributed by atoms with Crippen molar-refractivity contribution in [2.24, 2.45) is 0 Å². The van der Waals surface area contributed by atoms with E-state index in [2.05, 4.69) is 16.9 Å². The zero-order valence-electron chi connectivity index (χ0n) is 10.5. The molecular formula is C13H18N4O. The van der Waals surface area contributed by atoms with Crippen molar-refractivity contribution in [2.45, 2.75) is 13.5 Å². The normalized spacial score (nSPS) is 10.5. The number of nitrogens with zero attached hydrogens (tertiary/aromatic N) is 3. The zero-order valence-corrected chi connectivity index (χ0v) is 10.5. The molecule has 0 bridgehead atoms. The summed E-state index contributed by atoms with van der Waals surface area (Å²) in [6.07, 6.45) is 3.46. The van der Waals surface area contributed by atoms with E-state index >= 15 is 0 Å². The van der Waals surface area contributed by atoms with Crippen LogP contribution < -0.4 is 10.6 Å². The highest BCUT2D eigenvalue weighted by molar-refractivity contribution is 5.50. The minimum atomic E-state index is 0.286. The fraction of sp³-hybridized carbons (Fsp3) is 0.308. The number of phenols is 1. The van der Waals surface area contributed by atoms with Crippen LogP contribution in [0.1, 0.15) is 6.92 Å². The Hall–Kier alpha value is -2.17. The molecule has 0 atom stereocenters. The van der Waals surface area contributed by atoms with Crippen molar-refractivity contribution < 1.29 is 5.11 Å². The number of likely N-dealkylation sites (N-methyl/N-ethyl adjacent to an activating group) is 1. The second kappa shape index (κ2) is 5.44. The van der Waals surface area contributed by atoms with Gasteiger partial charge in [-0.05, 0) is 19.1 Å². The predicted octanol–water partition coefficient (Wildman–Crippen LogP) is 1.70. The quantitative estimate of drug-likeness (QED) is 0.842. The van der Waals surface area contributed by atoms with Gasteiger partial charge in [-0.3, -0.25) is 4.68 Å². The molecule has 1 aromatic carbocycles. The van der Waals surface area contributed by atoms with Crippen molar-refractivity contribution in [2.75, 3.05) is 23.7 Å². The van der Waals surface area contributed by atoms with Crippen LogP contribution in [0, 0.1) is 0 Å². The number of benzene rings is 1. The fourth-order valence-electron chi connectivity index (χ4n) is 1.88. The Morgan fingerprint density at radius 2 is 2.28 bits per heavy atom. The Balaban J connectivity index is 2.01. The molecule has 18 heavy (non-hydrogen) atoms. The Bertz CT molecular complexity index is 509. The molecule has 3 N–H and O–H groups in total. The van der Waals surface area contributed by atoms with Gasteiger partial charge in [0.05, 0.1) is 18.4 Å². The van der Waals surface area contributed by atoms with Gasteiger partial charge in [-0.1, -0.05) is 6.07 Å². The average Bonchev–Trinajstić information content (AvgIpc) is 2.76. The molecule has 0 saturated carbocycles. The maximum absolute atomic E-state index is 9.49. The van der Waals surface area contributed by atoms with Crippen LogP contribution in [0.4, 0.5) is 11.4 Å². The highest BCUT2D eigenvalue weighted by Crippen LogP contribution is 2.19. The summed E-state index contributed by atoms with van der Waals surface area (Å²) >= 11 is 0. The molecule has 0 unspecified atom stereocenters. The van der Waals surface area contributed by atoms with Crippen LogP contribution in [-0.4, -0.2) is 28.0 Å². The number of nitrogen functional groups attached to an aromatic ring is 1. The molecule has 0 spiro atoms. The van der Waals surface area contributed by atoms with E-state index in [-0.39, 0.29) is 5.75 Å². The second-order valence-electron chi connectivity index (χ2n) is 4.14. The van der Waals surface area contributed by atoms with Gasteiger partial charge in [0.2, 0.25) is 0 Å². The molecule has 1 heterocycles. The lowest BCUT2D eigenvalue weighted by Crippen LogP contribution is -2.27. The van der Waals surface area contributed by atoms with Gasteiger partial charge in [0.15, 0.2) is 0 Å². The molecule has 0 aliphatic rings. The van der Waals surface area contributed by atoms with E-state index < -0.39 is 0 Å². The van der Waals surface area contributed by atoms with Crippen molar-refractivity contribution >= 4 is 11.4 Å². The van der Waals surface area contributed by atoms with Gasteiger partial charge in [0, 0.05) is 31.0 Å². The van der Waals surface area contributed by atoms with E-state index in [0.717, 1.165) is 25.3 Å². The van der Waals surface area contributed by atoms with E-state index in [0.29, 0.717) is 5.69 Å². The molecule has 0 fully saturated rings. The zero-order chi connectivity index (χ0) is 13.0. The SMILES string of the molecule is CCN(CCn1cc(N)cn1)c1cccc(O)c1. The maximum Gasteiger partial charge on any atom is 0.117 e. The third-order valence-electron chi connectivity index (χ3n) is 2.83. The van der Waals surface area contributed by atoms with Gasteiger partial charge in [-0.15, -0.1) is 0 Å². The summed E-state index contributed by atoms with van der Waals surface area (Å²) in [7, 11) is 0. The van der Waals surface area contributed by atoms with E-state index in [1.165, 1.54) is 0 Å². The molecule has 0 saturated heterocycles. The van der Waals surface area contributed by atoms with Crippen molar-refractivity contribution in [3.8, 4) is 5.75 Å². The minimum Gasteiger partial charge on any atom is -0.508 e. The van der Waals surface area contributed by atoms with Crippen LogP contribution in [0.2, 0.25) is 0 Å². The molecule has 0 aliphatic carbocycles. The first-order valence-electron chi connectivity index (χ1n) is 6.01. The lowest BCUT2D eigenvalue weighted by atomic mass is 10.2. The van der Waals surface area contributed by atoms with E-state index in [9.17, 15) is 5.11 Å². The molecule has 5 nitrogen and oxygen atoms in total. The standard InChI is InChI=1S/C13H18N4O/c1-2-16(12-4-3-5-13(18)8-12)6-7-17-10-11(14)9-15-17/h3-5,8-10,18H,2,6-7,14H2,1H3. The largest absolute Gasteiger partial charge is 0.508 e. The average molecular weight is 246 g/mol. The molecule has 0 radical (unpaired) electrons. The summed E-state index contributed by atoms with van der Waals surface area (Å²) in [5.74, 6) is 0.286. The molecule has 2 rings (SSSR count). The van der Waals surface area contributed by atoms with E-state index in [1.807, 2.05) is 23.0 Å². The van der Waals surface area contributed by atoms with Crippen molar-refractivity contribution in [3.05, 3.63) is 36.7 Å². The van der Waals surface area contributed by atoms with Crippen LogP contribution in [0.3, 0.4) is 0 Å². The van der Waals surface area contributed by atoms with Gasteiger partial charge in [-0.25, -0.2) is 0 Å². The Labute approximate surface area is 106 Å². The number of aromatic nitrogens is 2. The van der Waals surface area contributed by atoms with E-state index in [1.54, 1.807) is 18.3 Å². The minimum absolute atomic E-state index is 0.286. The molecular weight excluding hydrogens is 228 g/mol. The third kappa shape index (κ3) is 2.94. The summed E-state index contributed by atoms with van der Waals surface area (Å²) in [4.78, 5) is 2.18. The van der Waals surface area contributed by atoms with Crippen LogP contribution in [-0.2, 0) is 6.54 Å². The van der Waals surface area contributed by atoms with Gasteiger partial charge in [0.25, 0.3) is 0 Å². The van der Waals surface area contributed by atoms with Crippen LogP contribution in [0.5, 0.6) is 5.75 Å². The van der Waals surface area contributed by atoms with E-state index in [4.69, 9.17) is 5.73 Å². The highest BCUT2D eigenvalue weighted by atomic mass is 16.3.